The molecule has 0 heterocycles. The minimum atomic E-state index is -3.33. The van der Waals surface area contributed by atoms with Gasteiger partial charge in [0.25, 0.3) is 0 Å². The molecule has 0 fully saturated rings. The monoisotopic (exact) mass is 405 g/mol. The molecule has 3 rings (SSSR count). The summed E-state index contributed by atoms with van der Waals surface area (Å²) in [7, 11) is -3.33. The van der Waals surface area contributed by atoms with E-state index in [0.29, 0.717) is 0 Å². The Hall–Kier alpha value is -2.61. The van der Waals surface area contributed by atoms with Crippen molar-refractivity contribution >= 4 is 27.5 Å². The molecule has 7 nitrogen and oxygen atoms in total. The molecule has 8 heteroatoms. The zero-order chi connectivity index (χ0) is 20.3. The Morgan fingerprint density at radius 3 is 2.79 bits per heavy atom. The normalized spacial score (nSPS) is 19.0. The highest BCUT2D eigenvalue weighted by molar-refractivity contribution is 7.90. The number of aliphatic carboxylic acids is 1. The lowest BCUT2D eigenvalue weighted by Crippen LogP contribution is -2.42. The SMILES string of the molecule is CS(=O)(=O)CC[C@H](NC(=O)OCC1C2=C(CCC=C2)c2ccccc21)C(=O)O. The average molecular weight is 405 g/mol. The number of rotatable bonds is 7. The number of benzene rings is 1. The zero-order valence-corrected chi connectivity index (χ0v) is 16.4. The maximum atomic E-state index is 12.1. The van der Waals surface area contributed by atoms with Gasteiger partial charge in [-0.1, -0.05) is 36.4 Å². The molecule has 0 saturated carbocycles. The van der Waals surface area contributed by atoms with Gasteiger partial charge >= 0.3 is 12.1 Å². The molecule has 2 aliphatic carbocycles. The first-order valence-corrected chi connectivity index (χ1v) is 11.1. The fraction of sp³-hybridized carbons (Fsp3) is 0.400. The van der Waals surface area contributed by atoms with Crippen LogP contribution in [0.2, 0.25) is 0 Å². The smallest absolute Gasteiger partial charge is 0.407 e. The average Bonchev–Trinajstić information content (AvgIpc) is 2.96. The molecule has 150 valence electrons. The number of nitrogens with one attached hydrogen (secondary N) is 1. The van der Waals surface area contributed by atoms with Crippen LogP contribution in [0.3, 0.4) is 0 Å². The van der Waals surface area contributed by atoms with Crippen LogP contribution in [-0.4, -0.2) is 50.2 Å². The topological polar surface area (TPSA) is 110 Å². The lowest BCUT2D eigenvalue weighted by Gasteiger charge is -2.18. The van der Waals surface area contributed by atoms with E-state index in [1.807, 2.05) is 18.2 Å². The van der Waals surface area contributed by atoms with Crippen LogP contribution >= 0.6 is 0 Å². The van der Waals surface area contributed by atoms with E-state index in [4.69, 9.17) is 4.74 Å². The molecule has 0 radical (unpaired) electrons. The maximum Gasteiger partial charge on any atom is 0.407 e. The fourth-order valence-corrected chi connectivity index (χ4v) is 4.32. The molecule has 0 bridgehead atoms. The van der Waals surface area contributed by atoms with Crippen LogP contribution in [0.4, 0.5) is 4.79 Å². The van der Waals surface area contributed by atoms with E-state index in [0.717, 1.165) is 30.2 Å². The van der Waals surface area contributed by atoms with Crippen molar-refractivity contribution < 1.29 is 27.9 Å². The van der Waals surface area contributed by atoms with Crippen molar-refractivity contribution in [2.24, 2.45) is 0 Å². The first-order valence-electron chi connectivity index (χ1n) is 9.09. The molecule has 1 unspecified atom stereocenters. The highest BCUT2D eigenvalue weighted by atomic mass is 32.2. The van der Waals surface area contributed by atoms with Gasteiger partial charge in [0.1, 0.15) is 22.5 Å². The Morgan fingerprint density at radius 2 is 2.07 bits per heavy atom. The number of alkyl carbamates (subject to hydrolysis) is 1. The second kappa shape index (κ2) is 8.18. The van der Waals surface area contributed by atoms with Gasteiger partial charge < -0.3 is 15.2 Å². The minimum Gasteiger partial charge on any atom is -0.480 e. The summed E-state index contributed by atoms with van der Waals surface area (Å²) in [6.07, 6.45) is 6.02. The molecule has 2 atom stereocenters. The van der Waals surface area contributed by atoms with Gasteiger partial charge in [-0.2, -0.15) is 0 Å². The summed E-state index contributed by atoms with van der Waals surface area (Å²) in [5.74, 6) is -1.72. The molecule has 0 spiro atoms. The summed E-state index contributed by atoms with van der Waals surface area (Å²) < 4.78 is 27.8. The molecule has 2 N–H and O–H groups in total. The lowest BCUT2D eigenvalue weighted by atomic mass is 9.93. The van der Waals surface area contributed by atoms with Crippen molar-refractivity contribution in [1.29, 1.82) is 0 Å². The Kier molecular flexibility index (Phi) is 5.88. The molecule has 28 heavy (non-hydrogen) atoms. The van der Waals surface area contributed by atoms with Gasteiger partial charge in [-0.15, -0.1) is 0 Å². The number of carbonyl (C=O) groups excluding carboxylic acids is 1. The van der Waals surface area contributed by atoms with Gasteiger partial charge in [-0.05, 0) is 41.5 Å². The summed E-state index contributed by atoms with van der Waals surface area (Å²) in [5, 5.41) is 11.5. The molecule has 0 saturated heterocycles. The van der Waals surface area contributed by atoms with Crippen LogP contribution < -0.4 is 5.32 Å². The van der Waals surface area contributed by atoms with Crippen LogP contribution in [0.15, 0.2) is 42.0 Å². The number of allylic oxidation sites excluding steroid dienone is 3. The third-order valence-corrected chi connectivity index (χ3v) is 5.97. The predicted octanol–water partition coefficient (Wildman–Crippen LogP) is 2.50. The number of amides is 1. The molecular formula is C20H23NO6S. The third kappa shape index (κ3) is 4.62. The maximum absolute atomic E-state index is 12.1. The molecule has 0 aliphatic heterocycles. The molecule has 0 aromatic heterocycles. The zero-order valence-electron chi connectivity index (χ0n) is 15.6. The number of hydrogen-bond donors (Lipinski definition) is 2. The second-order valence-corrected chi connectivity index (χ2v) is 9.33. The molecule has 1 amide bonds. The van der Waals surface area contributed by atoms with E-state index in [2.05, 4.69) is 23.5 Å². The predicted molar refractivity (Wildman–Crippen MR) is 105 cm³/mol. The largest absolute Gasteiger partial charge is 0.480 e. The van der Waals surface area contributed by atoms with E-state index in [1.165, 1.54) is 11.1 Å². The Labute approximate surface area is 164 Å². The van der Waals surface area contributed by atoms with E-state index in [1.54, 1.807) is 0 Å². The third-order valence-electron chi connectivity index (χ3n) is 4.99. The van der Waals surface area contributed by atoms with Crippen LogP contribution in [0, 0.1) is 0 Å². The van der Waals surface area contributed by atoms with E-state index >= 15 is 0 Å². The van der Waals surface area contributed by atoms with Crippen molar-refractivity contribution in [1.82, 2.24) is 5.32 Å². The Balaban J connectivity index is 1.64. The van der Waals surface area contributed by atoms with Gasteiger partial charge in [0.05, 0.1) is 5.75 Å². The summed E-state index contributed by atoms with van der Waals surface area (Å²) in [4.78, 5) is 23.4. The summed E-state index contributed by atoms with van der Waals surface area (Å²) >= 11 is 0. The number of carboxylic acids is 1. The number of hydrogen-bond acceptors (Lipinski definition) is 5. The molecule has 1 aromatic rings. The quantitative estimate of drug-likeness (QED) is 0.721. The summed E-state index contributed by atoms with van der Waals surface area (Å²) in [5.41, 5.74) is 4.67. The van der Waals surface area contributed by atoms with Crippen LogP contribution in [0.5, 0.6) is 0 Å². The van der Waals surface area contributed by atoms with Crippen molar-refractivity contribution in [3.8, 4) is 0 Å². The highest BCUT2D eigenvalue weighted by Gasteiger charge is 2.31. The lowest BCUT2D eigenvalue weighted by molar-refractivity contribution is -0.139. The van der Waals surface area contributed by atoms with Gasteiger partial charge in [0, 0.05) is 12.2 Å². The standard InChI is InChI=1S/C20H23NO6S/c1-28(25,26)11-10-18(19(22)23)21-20(24)27-12-17-15-8-4-2-6-13(15)14-7-3-5-9-16(14)17/h2,4-6,8-9,17-18H,3,7,10-12H2,1H3,(H,21,24)(H,22,23)/t17?,18-/m0/s1. The second-order valence-electron chi connectivity index (χ2n) is 7.07. The van der Waals surface area contributed by atoms with Crippen molar-refractivity contribution in [2.45, 2.75) is 31.2 Å². The number of carbonyl (C=O) groups is 2. The van der Waals surface area contributed by atoms with Gasteiger partial charge in [-0.25, -0.2) is 18.0 Å². The number of carboxylic acid groups (broad SMARTS) is 1. The number of fused-ring (bicyclic) bond motifs is 2. The fourth-order valence-electron chi connectivity index (χ4n) is 3.65. The first-order chi connectivity index (χ1) is 13.3. The Bertz CT molecular complexity index is 947. The highest BCUT2D eigenvalue weighted by Crippen LogP contribution is 2.46. The van der Waals surface area contributed by atoms with E-state index < -0.39 is 27.9 Å². The van der Waals surface area contributed by atoms with Crippen molar-refractivity contribution in [3.63, 3.8) is 0 Å². The molecule has 2 aliphatic rings. The van der Waals surface area contributed by atoms with E-state index in [-0.39, 0.29) is 24.7 Å². The van der Waals surface area contributed by atoms with Crippen LogP contribution in [-0.2, 0) is 19.4 Å². The summed E-state index contributed by atoms with van der Waals surface area (Å²) in [6, 6.07) is 6.69. The minimum absolute atomic E-state index is 0.0877. The van der Waals surface area contributed by atoms with Gasteiger partial charge in [-0.3, -0.25) is 0 Å². The van der Waals surface area contributed by atoms with E-state index in [9.17, 15) is 23.1 Å². The first kappa shape index (κ1) is 20.1. The summed E-state index contributed by atoms with van der Waals surface area (Å²) in [6.45, 7) is 0.0877. The Morgan fingerprint density at radius 1 is 1.32 bits per heavy atom. The van der Waals surface area contributed by atoms with Crippen LogP contribution in [0.25, 0.3) is 5.57 Å². The van der Waals surface area contributed by atoms with Crippen molar-refractivity contribution in [2.75, 3.05) is 18.6 Å². The molecule has 1 aromatic carbocycles. The number of ether oxygens (including phenoxy) is 1. The number of sulfone groups is 1. The van der Waals surface area contributed by atoms with Crippen LogP contribution in [0.1, 0.15) is 36.3 Å². The van der Waals surface area contributed by atoms with Crippen molar-refractivity contribution in [3.05, 3.63) is 53.1 Å². The van der Waals surface area contributed by atoms with Gasteiger partial charge in [0.2, 0.25) is 0 Å². The molecular weight excluding hydrogens is 382 g/mol. The van der Waals surface area contributed by atoms with Gasteiger partial charge in [0.15, 0.2) is 0 Å².